The lowest BCUT2D eigenvalue weighted by Crippen LogP contribution is -2.25. The van der Waals surface area contributed by atoms with Gasteiger partial charge in [-0.1, -0.05) is 18.2 Å². The van der Waals surface area contributed by atoms with Gasteiger partial charge in [0.05, 0.1) is 5.56 Å². The van der Waals surface area contributed by atoms with Crippen LogP contribution in [0.2, 0.25) is 0 Å². The highest BCUT2D eigenvalue weighted by Crippen LogP contribution is 2.29. The van der Waals surface area contributed by atoms with E-state index in [4.69, 9.17) is 10.5 Å². The zero-order valence-electron chi connectivity index (χ0n) is 13.7. The van der Waals surface area contributed by atoms with Crippen molar-refractivity contribution in [1.82, 2.24) is 5.32 Å². The van der Waals surface area contributed by atoms with Crippen LogP contribution in [0.25, 0.3) is 0 Å². The summed E-state index contributed by atoms with van der Waals surface area (Å²) in [5, 5.41) is 2.68. The van der Waals surface area contributed by atoms with Crippen LogP contribution < -0.4 is 15.8 Å². The summed E-state index contributed by atoms with van der Waals surface area (Å²) in [6.07, 6.45) is -3.98. The van der Waals surface area contributed by atoms with Crippen LogP contribution in [0.4, 0.5) is 13.2 Å². The van der Waals surface area contributed by atoms with E-state index in [9.17, 15) is 22.8 Å². The quantitative estimate of drug-likeness (QED) is 0.790. The normalized spacial score (nSPS) is 11.0. The number of halogens is 3. The van der Waals surface area contributed by atoms with Crippen LogP contribution in [0.15, 0.2) is 48.5 Å². The standard InChI is InChI=1S/C18H17F3N2O3/c19-18(20,21)14-6-4-12(5-7-14)8-9-23-17(25)13-2-1-3-15(10-13)26-11-16(22)24/h1-7,10H,8-9,11H2,(H2,22,24)(H,23,25). The largest absolute Gasteiger partial charge is 0.484 e. The number of amides is 2. The van der Waals surface area contributed by atoms with E-state index < -0.39 is 17.6 Å². The van der Waals surface area contributed by atoms with Crippen molar-refractivity contribution in [3.8, 4) is 5.75 Å². The summed E-state index contributed by atoms with van der Waals surface area (Å²) in [7, 11) is 0. The van der Waals surface area contributed by atoms with Gasteiger partial charge in [-0.3, -0.25) is 9.59 Å². The van der Waals surface area contributed by atoms with Crippen molar-refractivity contribution in [3.05, 3.63) is 65.2 Å². The van der Waals surface area contributed by atoms with Crippen LogP contribution >= 0.6 is 0 Å². The van der Waals surface area contributed by atoms with Crippen molar-refractivity contribution in [2.45, 2.75) is 12.6 Å². The van der Waals surface area contributed by atoms with Crippen molar-refractivity contribution in [2.75, 3.05) is 13.2 Å². The van der Waals surface area contributed by atoms with Gasteiger partial charge >= 0.3 is 6.18 Å². The van der Waals surface area contributed by atoms with Gasteiger partial charge in [0.2, 0.25) is 0 Å². The van der Waals surface area contributed by atoms with Crippen molar-refractivity contribution >= 4 is 11.8 Å². The first-order valence-electron chi connectivity index (χ1n) is 7.71. The number of ether oxygens (including phenoxy) is 1. The molecule has 2 aromatic rings. The topological polar surface area (TPSA) is 81.4 Å². The fourth-order valence-corrected chi connectivity index (χ4v) is 2.16. The molecule has 0 radical (unpaired) electrons. The smallest absolute Gasteiger partial charge is 0.416 e. The number of carbonyl (C=O) groups excluding carboxylic acids is 2. The summed E-state index contributed by atoms with van der Waals surface area (Å²) < 4.78 is 42.6. The molecule has 2 rings (SSSR count). The third-order valence-electron chi connectivity index (χ3n) is 3.46. The molecule has 0 heterocycles. The van der Waals surface area contributed by atoms with Crippen molar-refractivity contribution in [1.29, 1.82) is 0 Å². The number of hydrogen-bond donors (Lipinski definition) is 2. The molecule has 5 nitrogen and oxygen atoms in total. The molecule has 0 fully saturated rings. The Labute approximate surface area is 148 Å². The third-order valence-corrected chi connectivity index (χ3v) is 3.46. The Bertz CT molecular complexity index is 774. The Kier molecular flexibility index (Phi) is 6.21. The molecular weight excluding hydrogens is 349 g/mol. The molecular formula is C18H17F3N2O3. The molecule has 0 atom stereocenters. The summed E-state index contributed by atoms with van der Waals surface area (Å²) in [4.78, 5) is 22.8. The van der Waals surface area contributed by atoms with Crippen molar-refractivity contribution in [3.63, 3.8) is 0 Å². The van der Waals surface area contributed by atoms with E-state index in [0.717, 1.165) is 12.1 Å². The van der Waals surface area contributed by atoms with E-state index in [1.54, 1.807) is 18.2 Å². The van der Waals surface area contributed by atoms with Gasteiger partial charge in [0.25, 0.3) is 11.8 Å². The summed E-state index contributed by atoms with van der Waals surface area (Å²) in [5.41, 5.74) is 5.29. The maximum atomic E-state index is 12.5. The van der Waals surface area contributed by atoms with Gasteiger partial charge in [-0.05, 0) is 42.3 Å². The molecule has 0 aliphatic heterocycles. The monoisotopic (exact) mass is 366 g/mol. The van der Waals surface area contributed by atoms with Crippen molar-refractivity contribution < 1.29 is 27.5 Å². The Balaban J connectivity index is 1.87. The predicted octanol–water partition coefficient (Wildman–Crippen LogP) is 2.54. The Morgan fingerprint density at radius 2 is 1.77 bits per heavy atom. The minimum atomic E-state index is -4.37. The molecule has 0 aliphatic rings. The van der Waals surface area contributed by atoms with Gasteiger partial charge < -0.3 is 15.8 Å². The lowest BCUT2D eigenvalue weighted by Gasteiger charge is -2.09. The number of carbonyl (C=O) groups is 2. The van der Waals surface area contributed by atoms with E-state index in [1.165, 1.54) is 18.2 Å². The van der Waals surface area contributed by atoms with Crippen LogP contribution in [0.5, 0.6) is 5.75 Å². The highest BCUT2D eigenvalue weighted by atomic mass is 19.4. The third kappa shape index (κ3) is 5.80. The summed E-state index contributed by atoms with van der Waals surface area (Å²) >= 11 is 0. The lowest BCUT2D eigenvalue weighted by molar-refractivity contribution is -0.137. The predicted molar refractivity (Wildman–Crippen MR) is 88.6 cm³/mol. The SMILES string of the molecule is NC(=O)COc1cccc(C(=O)NCCc2ccc(C(F)(F)F)cc2)c1. The second-order valence-electron chi connectivity index (χ2n) is 5.48. The number of rotatable bonds is 7. The van der Waals surface area contributed by atoms with Crippen LogP contribution in [0.1, 0.15) is 21.5 Å². The molecule has 0 spiro atoms. The van der Waals surface area contributed by atoms with Crippen LogP contribution in [-0.2, 0) is 17.4 Å². The number of primary amides is 1. The number of hydrogen-bond acceptors (Lipinski definition) is 3. The maximum absolute atomic E-state index is 12.5. The molecule has 0 aromatic heterocycles. The van der Waals surface area contributed by atoms with Gasteiger partial charge in [-0.2, -0.15) is 13.2 Å². The van der Waals surface area contributed by atoms with Gasteiger partial charge in [0, 0.05) is 12.1 Å². The van der Waals surface area contributed by atoms with E-state index >= 15 is 0 Å². The molecule has 0 unspecified atom stereocenters. The van der Waals surface area contributed by atoms with Crippen molar-refractivity contribution in [2.24, 2.45) is 5.73 Å². The van der Waals surface area contributed by atoms with Crippen LogP contribution in [0.3, 0.4) is 0 Å². The average Bonchev–Trinajstić information content (AvgIpc) is 2.60. The molecule has 8 heteroatoms. The van der Waals surface area contributed by atoms with Crippen LogP contribution in [-0.4, -0.2) is 25.0 Å². The molecule has 3 N–H and O–H groups in total. The van der Waals surface area contributed by atoms with Gasteiger partial charge in [-0.15, -0.1) is 0 Å². The second kappa shape index (κ2) is 8.37. The van der Waals surface area contributed by atoms with Gasteiger partial charge in [-0.25, -0.2) is 0 Å². The second-order valence-corrected chi connectivity index (χ2v) is 5.48. The van der Waals surface area contributed by atoms with Gasteiger partial charge in [0.15, 0.2) is 6.61 Å². The molecule has 0 saturated heterocycles. The fourth-order valence-electron chi connectivity index (χ4n) is 2.16. The van der Waals surface area contributed by atoms with Crippen LogP contribution in [0, 0.1) is 0 Å². The number of benzene rings is 2. The summed E-state index contributed by atoms with van der Waals surface area (Å²) in [6.45, 7) is -0.0322. The van der Waals surface area contributed by atoms with E-state index in [1.807, 2.05) is 0 Å². The number of nitrogens with two attached hydrogens (primary N) is 1. The molecule has 26 heavy (non-hydrogen) atoms. The first-order valence-corrected chi connectivity index (χ1v) is 7.71. The van der Waals surface area contributed by atoms with E-state index in [2.05, 4.69) is 5.32 Å². The Morgan fingerprint density at radius 3 is 2.38 bits per heavy atom. The first-order chi connectivity index (χ1) is 12.3. The van der Waals surface area contributed by atoms with E-state index in [-0.39, 0.29) is 19.1 Å². The number of nitrogens with one attached hydrogen (secondary N) is 1. The first kappa shape index (κ1) is 19.3. The van der Waals surface area contributed by atoms with Gasteiger partial charge in [0.1, 0.15) is 5.75 Å². The molecule has 2 amide bonds. The average molecular weight is 366 g/mol. The molecule has 138 valence electrons. The molecule has 2 aromatic carbocycles. The Morgan fingerprint density at radius 1 is 1.08 bits per heavy atom. The molecule has 0 aliphatic carbocycles. The highest BCUT2D eigenvalue weighted by Gasteiger charge is 2.29. The molecule has 0 saturated carbocycles. The zero-order chi connectivity index (χ0) is 19.2. The number of alkyl halides is 3. The maximum Gasteiger partial charge on any atom is 0.416 e. The molecule has 0 bridgehead atoms. The fraction of sp³-hybridized carbons (Fsp3) is 0.222. The van der Waals surface area contributed by atoms with E-state index in [0.29, 0.717) is 23.3 Å². The summed E-state index contributed by atoms with van der Waals surface area (Å²) in [5.74, 6) is -0.656. The minimum absolute atomic E-state index is 0.260. The zero-order valence-corrected chi connectivity index (χ0v) is 13.7. The Hall–Kier alpha value is -3.03. The minimum Gasteiger partial charge on any atom is -0.484 e. The lowest BCUT2D eigenvalue weighted by atomic mass is 10.1. The highest BCUT2D eigenvalue weighted by molar-refractivity contribution is 5.94. The summed E-state index contributed by atoms with van der Waals surface area (Å²) in [6, 6.07) is 11.0.